The zero-order chi connectivity index (χ0) is 13.0. The summed E-state index contributed by atoms with van der Waals surface area (Å²) in [6, 6.07) is 12.0. The van der Waals surface area contributed by atoms with E-state index in [1.807, 2.05) is 30.3 Å². The van der Waals surface area contributed by atoms with Crippen LogP contribution >= 0.6 is 0 Å². The first kappa shape index (κ1) is 12.4. The molecule has 2 atom stereocenters. The molecular weight excluding hydrogens is 230 g/mol. The quantitative estimate of drug-likeness (QED) is 0.867. The van der Waals surface area contributed by atoms with Crippen molar-refractivity contribution in [1.82, 2.24) is 5.32 Å². The number of aliphatic hydroxyl groups excluding tert-OH is 1. The normalized spacial score (nSPS) is 13.9. The van der Waals surface area contributed by atoms with E-state index in [9.17, 15) is 9.90 Å². The van der Waals surface area contributed by atoms with E-state index >= 15 is 0 Å². The van der Waals surface area contributed by atoms with Gasteiger partial charge in [-0.25, -0.2) is 0 Å². The number of hydrogen-bond donors (Lipinski definition) is 2. The van der Waals surface area contributed by atoms with Crippen LogP contribution in [0.5, 0.6) is 0 Å². The van der Waals surface area contributed by atoms with E-state index < -0.39 is 12.1 Å². The summed E-state index contributed by atoms with van der Waals surface area (Å²) in [5, 5.41) is 12.8. The zero-order valence-electron chi connectivity index (χ0n) is 10.0. The lowest BCUT2D eigenvalue weighted by molar-refractivity contribution is 0.0826. The Morgan fingerprint density at radius 2 is 1.94 bits per heavy atom. The maximum absolute atomic E-state index is 11.7. The molecule has 0 aliphatic carbocycles. The molecule has 0 spiro atoms. The van der Waals surface area contributed by atoms with E-state index in [-0.39, 0.29) is 11.7 Å². The number of benzene rings is 1. The highest BCUT2D eigenvalue weighted by Gasteiger charge is 2.19. The molecule has 18 heavy (non-hydrogen) atoms. The van der Waals surface area contributed by atoms with Crippen molar-refractivity contribution in [3.05, 3.63) is 60.1 Å². The largest absolute Gasteiger partial charge is 0.459 e. The van der Waals surface area contributed by atoms with Gasteiger partial charge in [0.1, 0.15) is 0 Å². The van der Waals surface area contributed by atoms with Crippen LogP contribution in [-0.4, -0.2) is 17.1 Å². The number of carbonyl (C=O) groups is 1. The SMILES string of the molecule is C[C@@H](NC(=O)c1ccco1)[C@@H](O)c1ccccc1. The number of hydrogen-bond acceptors (Lipinski definition) is 3. The molecule has 0 unspecified atom stereocenters. The van der Waals surface area contributed by atoms with Crippen LogP contribution in [0.4, 0.5) is 0 Å². The summed E-state index contributed by atoms with van der Waals surface area (Å²) in [5.41, 5.74) is 0.768. The van der Waals surface area contributed by atoms with Gasteiger partial charge in [-0.3, -0.25) is 4.79 Å². The van der Waals surface area contributed by atoms with Gasteiger partial charge in [0.2, 0.25) is 0 Å². The number of amides is 1. The molecule has 1 aromatic heterocycles. The molecule has 0 bridgehead atoms. The molecule has 94 valence electrons. The average Bonchev–Trinajstić information content (AvgIpc) is 2.92. The molecule has 1 amide bonds. The highest BCUT2D eigenvalue weighted by atomic mass is 16.3. The van der Waals surface area contributed by atoms with Crippen LogP contribution in [0.15, 0.2) is 53.1 Å². The van der Waals surface area contributed by atoms with Gasteiger partial charge < -0.3 is 14.8 Å². The van der Waals surface area contributed by atoms with E-state index in [2.05, 4.69) is 5.32 Å². The first-order chi connectivity index (χ1) is 8.68. The van der Waals surface area contributed by atoms with E-state index in [0.29, 0.717) is 0 Å². The van der Waals surface area contributed by atoms with Crippen molar-refractivity contribution in [1.29, 1.82) is 0 Å². The Hall–Kier alpha value is -2.07. The lowest BCUT2D eigenvalue weighted by Crippen LogP contribution is -2.36. The minimum Gasteiger partial charge on any atom is -0.459 e. The fraction of sp³-hybridized carbons (Fsp3) is 0.214. The summed E-state index contributed by atoms with van der Waals surface area (Å²) in [7, 11) is 0. The molecule has 2 N–H and O–H groups in total. The van der Waals surface area contributed by atoms with E-state index in [0.717, 1.165) is 5.56 Å². The summed E-state index contributed by atoms with van der Waals surface area (Å²) < 4.78 is 4.99. The molecular formula is C14H15NO3. The first-order valence-electron chi connectivity index (χ1n) is 5.76. The van der Waals surface area contributed by atoms with Gasteiger partial charge in [-0.15, -0.1) is 0 Å². The molecule has 0 radical (unpaired) electrons. The predicted octanol–water partition coefficient (Wildman–Crippen LogP) is 2.13. The van der Waals surface area contributed by atoms with Gasteiger partial charge in [-0.1, -0.05) is 30.3 Å². The van der Waals surface area contributed by atoms with Crippen molar-refractivity contribution in [3.8, 4) is 0 Å². The van der Waals surface area contributed by atoms with Crippen LogP contribution in [0.3, 0.4) is 0 Å². The van der Waals surface area contributed by atoms with Gasteiger partial charge in [-0.05, 0) is 24.6 Å². The van der Waals surface area contributed by atoms with Crippen LogP contribution in [0.1, 0.15) is 29.1 Å². The first-order valence-corrected chi connectivity index (χ1v) is 5.76. The fourth-order valence-corrected chi connectivity index (χ4v) is 1.70. The van der Waals surface area contributed by atoms with Crippen LogP contribution in [0, 0.1) is 0 Å². The average molecular weight is 245 g/mol. The second kappa shape index (κ2) is 5.51. The topological polar surface area (TPSA) is 62.5 Å². The van der Waals surface area contributed by atoms with Crippen LogP contribution in [0.25, 0.3) is 0 Å². The lowest BCUT2D eigenvalue weighted by Gasteiger charge is -2.20. The Bertz CT molecular complexity index is 493. The van der Waals surface area contributed by atoms with Gasteiger partial charge in [0.15, 0.2) is 5.76 Å². The van der Waals surface area contributed by atoms with Crippen molar-refractivity contribution in [2.45, 2.75) is 19.1 Å². The number of carbonyl (C=O) groups excluding carboxylic acids is 1. The standard InChI is InChI=1S/C14H15NO3/c1-10(13(16)11-6-3-2-4-7-11)15-14(17)12-8-5-9-18-12/h2-10,13,16H,1H3,(H,15,17)/t10-,13-/m1/s1. The Balaban J connectivity index is 2.00. The second-order valence-electron chi connectivity index (χ2n) is 4.09. The Kier molecular flexibility index (Phi) is 3.79. The van der Waals surface area contributed by atoms with E-state index in [1.165, 1.54) is 6.26 Å². The molecule has 0 aliphatic heterocycles. The number of rotatable bonds is 4. The fourth-order valence-electron chi connectivity index (χ4n) is 1.70. The number of aliphatic hydroxyl groups is 1. The molecule has 0 saturated heterocycles. The summed E-state index contributed by atoms with van der Waals surface area (Å²) >= 11 is 0. The van der Waals surface area contributed by atoms with Crippen molar-refractivity contribution in [3.63, 3.8) is 0 Å². The molecule has 1 heterocycles. The predicted molar refractivity (Wildman–Crippen MR) is 67.0 cm³/mol. The van der Waals surface area contributed by atoms with Crippen molar-refractivity contribution < 1.29 is 14.3 Å². The third-order valence-corrected chi connectivity index (χ3v) is 2.72. The Labute approximate surface area is 105 Å². The molecule has 0 saturated carbocycles. The zero-order valence-corrected chi connectivity index (χ0v) is 10.0. The van der Waals surface area contributed by atoms with E-state index in [1.54, 1.807) is 19.1 Å². The maximum Gasteiger partial charge on any atom is 0.287 e. The monoisotopic (exact) mass is 245 g/mol. The second-order valence-corrected chi connectivity index (χ2v) is 4.09. The maximum atomic E-state index is 11.7. The van der Waals surface area contributed by atoms with Crippen molar-refractivity contribution in [2.24, 2.45) is 0 Å². The van der Waals surface area contributed by atoms with Gasteiger partial charge in [0.25, 0.3) is 5.91 Å². The summed E-state index contributed by atoms with van der Waals surface area (Å²) in [6.07, 6.45) is 0.692. The number of furan rings is 1. The van der Waals surface area contributed by atoms with Crippen molar-refractivity contribution >= 4 is 5.91 Å². The summed E-state index contributed by atoms with van der Waals surface area (Å²) in [5.74, 6) is -0.0930. The van der Waals surface area contributed by atoms with Gasteiger partial charge in [0, 0.05) is 0 Å². The third kappa shape index (κ3) is 2.78. The molecule has 4 nitrogen and oxygen atoms in total. The molecule has 0 fully saturated rings. The smallest absolute Gasteiger partial charge is 0.287 e. The highest BCUT2D eigenvalue weighted by molar-refractivity contribution is 5.91. The summed E-state index contributed by atoms with van der Waals surface area (Å²) in [4.78, 5) is 11.7. The Morgan fingerprint density at radius 3 is 2.56 bits per heavy atom. The Morgan fingerprint density at radius 1 is 1.22 bits per heavy atom. The van der Waals surface area contributed by atoms with Crippen LogP contribution in [-0.2, 0) is 0 Å². The molecule has 1 aromatic carbocycles. The van der Waals surface area contributed by atoms with Gasteiger partial charge in [-0.2, -0.15) is 0 Å². The lowest BCUT2D eigenvalue weighted by atomic mass is 10.0. The van der Waals surface area contributed by atoms with Gasteiger partial charge >= 0.3 is 0 Å². The van der Waals surface area contributed by atoms with Crippen molar-refractivity contribution in [2.75, 3.05) is 0 Å². The van der Waals surface area contributed by atoms with E-state index in [4.69, 9.17) is 4.42 Å². The minimum absolute atomic E-state index is 0.238. The molecule has 0 aliphatic rings. The minimum atomic E-state index is -0.745. The highest BCUT2D eigenvalue weighted by Crippen LogP contribution is 2.16. The molecule has 2 aromatic rings. The summed E-state index contributed by atoms with van der Waals surface area (Å²) in [6.45, 7) is 1.75. The number of nitrogens with one attached hydrogen (secondary N) is 1. The van der Waals surface area contributed by atoms with Crippen LogP contribution in [0.2, 0.25) is 0 Å². The third-order valence-electron chi connectivity index (χ3n) is 2.72. The van der Waals surface area contributed by atoms with Gasteiger partial charge in [0.05, 0.1) is 18.4 Å². The molecule has 2 rings (SSSR count). The van der Waals surface area contributed by atoms with Crippen LogP contribution < -0.4 is 5.32 Å². The molecule has 4 heteroatoms.